The fraction of sp³-hybridized carbons (Fsp3) is 0.154. The highest BCUT2D eigenvalue weighted by molar-refractivity contribution is 5.74. The molecule has 2 aliphatic rings. The van der Waals surface area contributed by atoms with Gasteiger partial charge in [0, 0.05) is 6.54 Å². The van der Waals surface area contributed by atoms with Gasteiger partial charge in [-0.2, -0.15) is 0 Å². The molecule has 0 saturated carbocycles. The fourth-order valence-corrected chi connectivity index (χ4v) is 2.15. The third-order valence-electron chi connectivity index (χ3n) is 2.84. The molecule has 4 heteroatoms. The molecular weight excluding hydrogens is 218 g/mol. The van der Waals surface area contributed by atoms with Crippen LogP contribution in [0, 0.1) is 0 Å². The van der Waals surface area contributed by atoms with Crippen LogP contribution in [-0.4, -0.2) is 17.6 Å². The van der Waals surface area contributed by atoms with Gasteiger partial charge in [0.15, 0.2) is 5.75 Å². The number of carboxylic acids is 1. The molecule has 0 saturated heterocycles. The second-order valence-electron chi connectivity index (χ2n) is 3.96. The predicted molar refractivity (Wildman–Crippen MR) is 62.8 cm³/mol. The van der Waals surface area contributed by atoms with E-state index in [0.717, 1.165) is 23.7 Å². The average molecular weight is 229 g/mol. The van der Waals surface area contributed by atoms with Gasteiger partial charge in [-0.25, -0.2) is 0 Å². The first kappa shape index (κ1) is 9.96. The van der Waals surface area contributed by atoms with E-state index >= 15 is 0 Å². The van der Waals surface area contributed by atoms with Gasteiger partial charge in [0.25, 0.3) is 0 Å². The van der Waals surface area contributed by atoms with E-state index in [4.69, 9.17) is 9.84 Å². The summed E-state index contributed by atoms with van der Waals surface area (Å²) in [4.78, 5) is 12.9. The minimum atomic E-state index is -0.882. The number of nitrogens with zero attached hydrogens (tertiary/aromatic N) is 1. The lowest BCUT2D eigenvalue weighted by atomic mass is 10.2. The Kier molecular flexibility index (Phi) is 2.14. The van der Waals surface area contributed by atoms with Crippen molar-refractivity contribution in [3.8, 4) is 5.75 Å². The molecule has 2 aliphatic heterocycles. The molecule has 0 unspecified atom stereocenters. The number of benzene rings is 1. The Balaban J connectivity index is 2.06. The molecule has 1 aromatic rings. The lowest BCUT2D eigenvalue weighted by Gasteiger charge is -2.29. The summed E-state index contributed by atoms with van der Waals surface area (Å²) < 4.78 is 5.66. The summed E-state index contributed by atoms with van der Waals surface area (Å²) in [6.07, 6.45) is 3.82. The minimum Gasteiger partial charge on any atom is -0.481 e. The van der Waals surface area contributed by atoms with E-state index in [2.05, 4.69) is 4.90 Å². The number of aliphatic carboxylic acids is 1. The second-order valence-corrected chi connectivity index (χ2v) is 3.96. The smallest absolute Gasteiger partial charge is 0.311 e. The Labute approximate surface area is 98.4 Å². The Morgan fingerprint density at radius 1 is 1.41 bits per heavy atom. The summed E-state index contributed by atoms with van der Waals surface area (Å²) in [5.74, 6) is 0.341. The summed E-state index contributed by atoms with van der Waals surface area (Å²) in [5, 5.41) is 8.88. The number of hydrogen-bond acceptors (Lipinski definition) is 3. The first-order valence-electron chi connectivity index (χ1n) is 5.41. The molecule has 17 heavy (non-hydrogen) atoms. The highest BCUT2D eigenvalue weighted by Gasteiger charge is 2.28. The monoisotopic (exact) mass is 229 g/mol. The first-order chi connectivity index (χ1) is 8.25. The molecule has 0 atom stereocenters. The van der Waals surface area contributed by atoms with Crippen molar-refractivity contribution in [2.24, 2.45) is 0 Å². The largest absolute Gasteiger partial charge is 0.481 e. The van der Waals surface area contributed by atoms with Crippen molar-refractivity contribution in [2.45, 2.75) is 6.42 Å². The molecule has 0 radical (unpaired) electrons. The lowest BCUT2D eigenvalue weighted by molar-refractivity contribution is -0.136. The highest BCUT2D eigenvalue weighted by Crippen LogP contribution is 2.40. The zero-order chi connectivity index (χ0) is 11.8. The standard InChI is InChI=1S/C13H11NO3/c15-13(16)8-12-10-5-3-7-14(10)9-4-1-2-6-11(9)17-12/h1-6H,7-8H2,(H,15,16). The summed E-state index contributed by atoms with van der Waals surface area (Å²) in [5.41, 5.74) is 1.84. The molecule has 2 heterocycles. The molecule has 3 rings (SSSR count). The second kappa shape index (κ2) is 3.66. The maximum absolute atomic E-state index is 10.8. The van der Waals surface area contributed by atoms with E-state index in [1.165, 1.54) is 0 Å². The van der Waals surface area contributed by atoms with Crippen LogP contribution in [0.25, 0.3) is 0 Å². The van der Waals surface area contributed by atoms with Crippen LogP contribution in [0.3, 0.4) is 0 Å². The van der Waals surface area contributed by atoms with Gasteiger partial charge in [-0.15, -0.1) is 0 Å². The maximum atomic E-state index is 10.8. The van der Waals surface area contributed by atoms with Gasteiger partial charge in [-0.05, 0) is 18.2 Å². The predicted octanol–water partition coefficient (Wildman–Crippen LogP) is 2.14. The van der Waals surface area contributed by atoms with Gasteiger partial charge in [0.1, 0.15) is 12.2 Å². The van der Waals surface area contributed by atoms with Crippen LogP contribution >= 0.6 is 0 Å². The normalized spacial score (nSPS) is 16.6. The lowest BCUT2D eigenvalue weighted by Crippen LogP contribution is -2.25. The third-order valence-corrected chi connectivity index (χ3v) is 2.84. The van der Waals surface area contributed by atoms with E-state index < -0.39 is 5.97 Å². The van der Waals surface area contributed by atoms with Crippen LogP contribution in [0.1, 0.15) is 6.42 Å². The maximum Gasteiger partial charge on any atom is 0.311 e. The van der Waals surface area contributed by atoms with E-state index in [-0.39, 0.29) is 6.42 Å². The van der Waals surface area contributed by atoms with Crippen molar-refractivity contribution < 1.29 is 14.6 Å². The number of para-hydroxylation sites is 2. The van der Waals surface area contributed by atoms with E-state index in [9.17, 15) is 4.79 Å². The third kappa shape index (κ3) is 1.58. The number of anilines is 1. The first-order valence-corrected chi connectivity index (χ1v) is 5.41. The van der Waals surface area contributed by atoms with Crippen molar-refractivity contribution >= 4 is 11.7 Å². The van der Waals surface area contributed by atoms with Crippen molar-refractivity contribution in [1.29, 1.82) is 0 Å². The van der Waals surface area contributed by atoms with Gasteiger partial charge in [0.2, 0.25) is 0 Å². The molecule has 86 valence electrons. The van der Waals surface area contributed by atoms with Crippen LogP contribution in [0.2, 0.25) is 0 Å². The fourth-order valence-electron chi connectivity index (χ4n) is 2.15. The minimum absolute atomic E-state index is 0.0928. The number of carbonyl (C=O) groups is 1. The van der Waals surface area contributed by atoms with Crippen LogP contribution < -0.4 is 9.64 Å². The van der Waals surface area contributed by atoms with Gasteiger partial charge in [-0.1, -0.05) is 18.2 Å². The van der Waals surface area contributed by atoms with Crippen molar-refractivity contribution in [3.05, 3.63) is 47.9 Å². The summed E-state index contributed by atoms with van der Waals surface area (Å²) >= 11 is 0. The summed E-state index contributed by atoms with van der Waals surface area (Å²) in [6, 6.07) is 7.65. The molecule has 0 aliphatic carbocycles. The van der Waals surface area contributed by atoms with Gasteiger partial charge in [0.05, 0.1) is 11.4 Å². The van der Waals surface area contributed by atoms with Crippen molar-refractivity contribution in [3.63, 3.8) is 0 Å². The zero-order valence-electron chi connectivity index (χ0n) is 9.09. The molecule has 1 N–H and O–H groups in total. The van der Waals surface area contributed by atoms with Gasteiger partial charge < -0.3 is 14.7 Å². The average Bonchev–Trinajstić information content (AvgIpc) is 2.78. The Morgan fingerprint density at radius 2 is 2.24 bits per heavy atom. The van der Waals surface area contributed by atoms with E-state index in [1.807, 2.05) is 36.4 Å². The number of ether oxygens (including phenoxy) is 1. The van der Waals surface area contributed by atoms with Crippen molar-refractivity contribution in [2.75, 3.05) is 11.4 Å². The molecule has 0 aromatic heterocycles. The van der Waals surface area contributed by atoms with Crippen LogP contribution in [-0.2, 0) is 4.79 Å². The molecular formula is C13H11NO3. The summed E-state index contributed by atoms with van der Waals surface area (Å²) in [7, 11) is 0. The van der Waals surface area contributed by atoms with Crippen LogP contribution in [0.5, 0.6) is 5.75 Å². The van der Waals surface area contributed by atoms with Crippen molar-refractivity contribution in [1.82, 2.24) is 0 Å². The number of rotatable bonds is 2. The number of carboxylic acid groups (broad SMARTS) is 1. The van der Waals surface area contributed by atoms with Gasteiger partial charge >= 0.3 is 5.97 Å². The Bertz CT molecular complexity index is 545. The van der Waals surface area contributed by atoms with Gasteiger partial charge in [-0.3, -0.25) is 4.79 Å². The van der Waals surface area contributed by atoms with Crippen LogP contribution in [0.15, 0.2) is 47.9 Å². The SMILES string of the molecule is O=C(O)CC1=C2C=CCN2c2ccccc2O1. The Morgan fingerprint density at radius 3 is 3.06 bits per heavy atom. The Hall–Kier alpha value is -2.23. The molecule has 0 bridgehead atoms. The molecule has 0 spiro atoms. The molecule has 0 amide bonds. The number of allylic oxidation sites excluding steroid dienone is 1. The molecule has 1 aromatic carbocycles. The molecule has 4 nitrogen and oxygen atoms in total. The van der Waals surface area contributed by atoms with Crippen LogP contribution in [0.4, 0.5) is 5.69 Å². The molecule has 0 fully saturated rings. The number of hydrogen-bond donors (Lipinski definition) is 1. The zero-order valence-corrected chi connectivity index (χ0v) is 9.09. The number of fused-ring (bicyclic) bond motifs is 3. The quantitative estimate of drug-likeness (QED) is 0.844. The highest BCUT2D eigenvalue weighted by atomic mass is 16.5. The topological polar surface area (TPSA) is 49.8 Å². The summed E-state index contributed by atoms with van der Waals surface area (Å²) in [6.45, 7) is 0.763. The van der Waals surface area contributed by atoms with E-state index in [1.54, 1.807) is 0 Å². The van der Waals surface area contributed by atoms with E-state index in [0.29, 0.717) is 5.76 Å².